The number of allylic oxidation sites excluding steroid dienone is 1. The Morgan fingerprint density at radius 1 is 1.91 bits per heavy atom. The lowest BCUT2D eigenvalue weighted by Gasteiger charge is -2.23. The molecule has 0 amide bonds. The molecule has 0 aromatic heterocycles. The number of hydrogen-bond donors (Lipinski definition) is 1. The lowest BCUT2D eigenvalue weighted by atomic mass is 10.1. The van der Waals surface area contributed by atoms with Gasteiger partial charge in [-0.05, 0) is 18.9 Å². The quantitative estimate of drug-likeness (QED) is 0.654. The molecule has 64 valence electrons. The van der Waals surface area contributed by atoms with Crippen LogP contribution in [-0.2, 0) is 4.74 Å². The molecule has 0 saturated carbocycles. The van der Waals surface area contributed by atoms with Crippen molar-refractivity contribution in [2.24, 2.45) is 0 Å². The normalized spacial score (nSPS) is 27.2. The van der Waals surface area contributed by atoms with E-state index in [4.69, 9.17) is 21.4 Å². The highest BCUT2D eigenvalue weighted by Crippen LogP contribution is 2.20. The summed E-state index contributed by atoms with van der Waals surface area (Å²) in [5.74, 6) is 0.0813. The molecular formula is C7H10ClFO2. The fraction of sp³-hybridized carbons (Fsp3) is 0.714. The molecule has 1 aliphatic rings. The van der Waals surface area contributed by atoms with E-state index < -0.39 is 18.2 Å². The Morgan fingerprint density at radius 3 is 3.18 bits per heavy atom. The molecule has 0 aromatic carbocycles. The predicted molar refractivity (Wildman–Crippen MR) is 40.0 cm³/mol. The van der Waals surface area contributed by atoms with E-state index in [1.165, 1.54) is 6.08 Å². The molecule has 1 heterocycles. The van der Waals surface area contributed by atoms with Crippen molar-refractivity contribution in [2.45, 2.75) is 25.0 Å². The molecule has 0 bridgehead atoms. The van der Waals surface area contributed by atoms with Gasteiger partial charge in [-0.25, -0.2) is 0 Å². The fourth-order valence-electron chi connectivity index (χ4n) is 0.983. The zero-order valence-electron chi connectivity index (χ0n) is 5.96. The number of hydrogen-bond acceptors (Lipinski definition) is 2. The Morgan fingerprint density at radius 2 is 2.64 bits per heavy atom. The number of rotatable bonds is 2. The molecule has 0 aliphatic carbocycles. The molecule has 2 nitrogen and oxygen atoms in total. The van der Waals surface area contributed by atoms with Crippen molar-refractivity contribution in [3.05, 3.63) is 12.1 Å². The lowest BCUT2D eigenvalue weighted by Crippen LogP contribution is -2.31. The molecule has 2 atom stereocenters. The molecule has 1 unspecified atom stereocenters. The van der Waals surface area contributed by atoms with Crippen molar-refractivity contribution in [3.63, 3.8) is 0 Å². The van der Waals surface area contributed by atoms with Crippen LogP contribution in [0.2, 0.25) is 0 Å². The van der Waals surface area contributed by atoms with E-state index in [0.717, 1.165) is 0 Å². The molecule has 1 aliphatic heterocycles. The molecule has 11 heavy (non-hydrogen) atoms. The molecule has 4 heteroatoms. The Labute approximate surface area is 69.6 Å². The summed E-state index contributed by atoms with van der Waals surface area (Å²) in [6, 6.07) is -0.606. The SMILES string of the molecule is OC(CCl)[C@@H]1CCC=C(F)O1. The maximum Gasteiger partial charge on any atom is 0.268 e. The summed E-state index contributed by atoms with van der Waals surface area (Å²) < 4.78 is 17.1. The Bertz CT molecular complexity index is 161. The van der Waals surface area contributed by atoms with Gasteiger partial charge in [-0.2, -0.15) is 4.39 Å². The smallest absolute Gasteiger partial charge is 0.268 e. The first-order valence-electron chi connectivity index (χ1n) is 3.50. The van der Waals surface area contributed by atoms with Crippen LogP contribution in [0.1, 0.15) is 12.8 Å². The van der Waals surface area contributed by atoms with E-state index in [2.05, 4.69) is 0 Å². The second kappa shape index (κ2) is 3.93. The van der Waals surface area contributed by atoms with Gasteiger partial charge in [0.25, 0.3) is 6.01 Å². The topological polar surface area (TPSA) is 29.5 Å². The van der Waals surface area contributed by atoms with Gasteiger partial charge in [0.05, 0.1) is 5.88 Å². The Kier molecular flexibility index (Phi) is 3.15. The van der Waals surface area contributed by atoms with Crippen molar-refractivity contribution in [3.8, 4) is 0 Å². The van der Waals surface area contributed by atoms with Crippen LogP contribution in [0.15, 0.2) is 12.1 Å². The number of aliphatic hydroxyl groups excluding tert-OH is 1. The van der Waals surface area contributed by atoms with E-state index in [1.54, 1.807) is 0 Å². The Hall–Kier alpha value is -0.280. The van der Waals surface area contributed by atoms with E-state index in [-0.39, 0.29) is 5.88 Å². The first-order valence-corrected chi connectivity index (χ1v) is 4.04. The highest BCUT2D eigenvalue weighted by atomic mass is 35.5. The molecule has 1 rings (SSSR count). The average molecular weight is 181 g/mol. The molecular weight excluding hydrogens is 171 g/mol. The summed E-state index contributed by atoms with van der Waals surface area (Å²) in [6.07, 6.45) is 1.34. The highest BCUT2D eigenvalue weighted by molar-refractivity contribution is 6.18. The van der Waals surface area contributed by atoms with E-state index >= 15 is 0 Å². The van der Waals surface area contributed by atoms with Crippen LogP contribution >= 0.6 is 11.6 Å². The van der Waals surface area contributed by atoms with Crippen molar-refractivity contribution < 1.29 is 14.2 Å². The van der Waals surface area contributed by atoms with Crippen LogP contribution in [0.3, 0.4) is 0 Å². The highest BCUT2D eigenvalue weighted by Gasteiger charge is 2.23. The number of alkyl halides is 1. The minimum Gasteiger partial charge on any atom is -0.465 e. The summed E-state index contributed by atoms with van der Waals surface area (Å²) in [5, 5.41) is 9.15. The van der Waals surface area contributed by atoms with E-state index in [0.29, 0.717) is 12.8 Å². The Balaban J connectivity index is 2.43. The zero-order valence-corrected chi connectivity index (χ0v) is 6.72. The summed E-state index contributed by atoms with van der Waals surface area (Å²) in [4.78, 5) is 0. The number of aliphatic hydroxyl groups is 1. The molecule has 0 spiro atoms. The van der Waals surface area contributed by atoms with Gasteiger partial charge in [-0.3, -0.25) is 0 Å². The second-order valence-corrected chi connectivity index (χ2v) is 2.77. The third kappa shape index (κ3) is 2.34. The van der Waals surface area contributed by atoms with Crippen LogP contribution in [-0.4, -0.2) is 23.2 Å². The maximum atomic E-state index is 12.4. The minimum absolute atomic E-state index is 0.0813. The summed E-state index contributed by atoms with van der Waals surface area (Å²) >= 11 is 5.36. The van der Waals surface area contributed by atoms with E-state index in [1.807, 2.05) is 0 Å². The molecule has 1 N–H and O–H groups in total. The van der Waals surface area contributed by atoms with Gasteiger partial charge in [-0.1, -0.05) is 0 Å². The third-order valence-corrected chi connectivity index (χ3v) is 1.92. The van der Waals surface area contributed by atoms with Crippen LogP contribution in [0.5, 0.6) is 0 Å². The fourth-order valence-corrected chi connectivity index (χ4v) is 1.18. The van der Waals surface area contributed by atoms with Crippen LogP contribution in [0.25, 0.3) is 0 Å². The van der Waals surface area contributed by atoms with E-state index in [9.17, 15) is 4.39 Å². The molecule has 0 radical (unpaired) electrons. The molecule has 0 fully saturated rings. The number of ether oxygens (including phenoxy) is 1. The van der Waals surface area contributed by atoms with Crippen molar-refractivity contribution >= 4 is 11.6 Å². The summed E-state index contributed by atoms with van der Waals surface area (Å²) in [6.45, 7) is 0. The van der Waals surface area contributed by atoms with Crippen molar-refractivity contribution in [2.75, 3.05) is 5.88 Å². The summed E-state index contributed by atoms with van der Waals surface area (Å²) in [7, 11) is 0. The standard InChI is InChI=1S/C7H10ClFO2/c8-4-5(10)6-2-1-3-7(9)11-6/h3,5-6,10H,1-2,4H2/t5?,6-/m0/s1. The van der Waals surface area contributed by atoms with Gasteiger partial charge in [0.1, 0.15) is 12.2 Å². The van der Waals surface area contributed by atoms with Gasteiger partial charge in [0, 0.05) is 0 Å². The number of halogens is 2. The van der Waals surface area contributed by atoms with Crippen LogP contribution in [0, 0.1) is 0 Å². The van der Waals surface area contributed by atoms with Gasteiger partial charge in [-0.15, -0.1) is 11.6 Å². The molecule has 0 aromatic rings. The van der Waals surface area contributed by atoms with Gasteiger partial charge >= 0.3 is 0 Å². The lowest BCUT2D eigenvalue weighted by molar-refractivity contribution is -0.0279. The summed E-state index contributed by atoms with van der Waals surface area (Å²) in [5.41, 5.74) is 0. The van der Waals surface area contributed by atoms with Gasteiger partial charge in [0.15, 0.2) is 0 Å². The predicted octanol–water partition coefficient (Wildman–Crippen LogP) is 1.58. The molecule has 0 saturated heterocycles. The first kappa shape index (κ1) is 8.81. The van der Waals surface area contributed by atoms with Gasteiger partial charge < -0.3 is 9.84 Å². The zero-order chi connectivity index (χ0) is 8.27. The van der Waals surface area contributed by atoms with Gasteiger partial charge in [0.2, 0.25) is 0 Å². The van der Waals surface area contributed by atoms with Crippen LogP contribution in [0.4, 0.5) is 4.39 Å². The van der Waals surface area contributed by atoms with Crippen molar-refractivity contribution in [1.29, 1.82) is 0 Å². The largest absolute Gasteiger partial charge is 0.465 e. The third-order valence-electron chi connectivity index (χ3n) is 1.61. The second-order valence-electron chi connectivity index (χ2n) is 2.46. The van der Waals surface area contributed by atoms with Crippen LogP contribution < -0.4 is 0 Å². The maximum absolute atomic E-state index is 12.4. The van der Waals surface area contributed by atoms with Crippen molar-refractivity contribution in [1.82, 2.24) is 0 Å². The monoisotopic (exact) mass is 180 g/mol. The minimum atomic E-state index is -0.767. The average Bonchev–Trinajstić information content (AvgIpc) is 2.03. The first-order chi connectivity index (χ1) is 5.24.